The minimum absolute atomic E-state index is 0.598. The smallest absolute Gasteiger partial charge is 0.107 e. The summed E-state index contributed by atoms with van der Waals surface area (Å²) in [6.45, 7) is 2.12. The fraction of sp³-hybridized carbons (Fsp3) is 0.500. The Morgan fingerprint density at radius 1 is 1.19 bits per heavy atom. The van der Waals surface area contributed by atoms with Gasteiger partial charge >= 0.3 is 0 Å². The van der Waals surface area contributed by atoms with Gasteiger partial charge in [-0.25, -0.2) is 0 Å². The first-order chi connectivity index (χ1) is 7.77. The van der Waals surface area contributed by atoms with Crippen molar-refractivity contribution in [3.05, 3.63) is 35.4 Å². The molecule has 0 aliphatic heterocycles. The first-order valence-electron chi connectivity index (χ1n) is 6.14. The molecule has 1 aliphatic carbocycles. The Balaban J connectivity index is 2.00. The van der Waals surface area contributed by atoms with Crippen LogP contribution in [0.1, 0.15) is 43.2 Å². The highest BCUT2D eigenvalue weighted by atomic mass is 32.1. The molecular weight excluding hydrogens is 214 g/mol. The number of thiocarbonyl (C=S) groups is 1. The first kappa shape index (κ1) is 11.6. The SMILES string of the molecule is Cc1ccccc1C(=S)NC1CCCCC1. The van der Waals surface area contributed by atoms with E-state index in [0.29, 0.717) is 6.04 Å². The van der Waals surface area contributed by atoms with Crippen molar-refractivity contribution in [2.45, 2.75) is 45.1 Å². The lowest BCUT2D eigenvalue weighted by molar-refractivity contribution is 0.415. The van der Waals surface area contributed by atoms with Gasteiger partial charge in [0.15, 0.2) is 0 Å². The lowest BCUT2D eigenvalue weighted by Gasteiger charge is -2.24. The Bertz CT molecular complexity index is 367. The number of rotatable bonds is 2. The van der Waals surface area contributed by atoms with E-state index in [9.17, 15) is 0 Å². The van der Waals surface area contributed by atoms with Crippen LogP contribution in [0, 0.1) is 6.92 Å². The fourth-order valence-electron chi connectivity index (χ4n) is 2.34. The lowest BCUT2D eigenvalue weighted by Crippen LogP contribution is -2.35. The van der Waals surface area contributed by atoms with Crippen molar-refractivity contribution in [2.24, 2.45) is 0 Å². The molecule has 16 heavy (non-hydrogen) atoms. The molecule has 0 amide bonds. The molecule has 0 heterocycles. The Morgan fingerprint density at radius 3 is 2.56 bits per heavy atom. The molecule has 1 nitrogen and oxygen atoms in total. The molecule has 1 saturated carbocycles. The van der Waals surface area contributed by atoms with Crippen LogP contribution in [0.15, 0.2) is 24.3 Å². The number of aryl methyl sites for hydroxylation is 1. The molecule has 2 heteroatoms. The quantitative estimate of drug-likeness (QED) is 0.783. The molecule has 0 bridgehead atoms. The van der Waals surface area contributed by atoms with Crippen molar-refractivity contribution in [3.63, 3.8) is 0 Å². The van der Waals surface area contributed by atoms with Gasteiger partial charge in [0.05, 0.1) is 0 Å². The zero-order valence-electron chi connectivity index (χ0n) is 9.83. The second kappa shape index (κ2) is 5.44. The van der Waals surface area contributed by atoms with Crippen molar-refractivity contribution >= 4 is 17.2 Å². The van der Waals surface area contributed by atoms with Crippen molar-refractivity contribution in [3.8, 4) is 0 Å². The van der Waals surface area contributed by atoms with Crippen LogP contribution in [0.3, 0.4) is 0 Å². The summed E-state index contributed by atoms with van der Waals surface area (Å²) in [5, 5.41) is 3.51. The Labute approximate surface area is 103 Å². The largest absolute Gasteiger partial charge is 0.373 e. The second-order valence-corrected chi connectivity index (χ2v) is 5.03. The second-order valence-electron chi connectivity index (χ2n) is 4.62. The van der Waals surface area contributed by atoms with Crippen LogP contribution < -0.4 is 5.32 Å². The van der Waals surface area contributed by atoms with Crippen LogP contribution in [0.4, 0.5) is 0 Å². The summed E-state index contributed by atoms with van der Waals surface area (Å²) in [7, 11) is 0. The molecule has 1 aromatic rings. The first-order valence-corrected chi connectivity index (χ1v) is 6.54. The molecule has 1 N–H and O–H groups in total. The lowest BCUT2D eigenvalue weighted by atomic mass is 9.95. The van der Waals surface area contributed by atoms with E-state index in [1.54, 1.807) is 0 Å². The molecule has 0 atom stereocenters. The van der Waals surface area contributed by atoms with Gasteiger partial charge in [0.25, 0.3) is 0 Å². The van der Waals surface area contributed by atoms with Gasteiger partial charge in [-0.2, -0.15) is 0 Å². The molecule has 0 radical (unpaired) electrons. The van der Waals surface area contributed by atoms with Crippen LogP contribution in [-0.2, 0) is 0 Å². The third-order valence-corrected chi connectivity index (χ3v) is 3.67. The average Bonchev–Trinajstić information content (AvgIpc) is 2.31. The molecule has 86 valence electrons. The van der Waals surface area contributed by atoms with E-state index in [4.69, 9.17) is 12.2 Å². The number of hydrogen-bond donors (Lipinski definition) is 1. The highest BCUT2D eigenvalue weighted by Gasteiger charge is 2.15. The van der Waals surface area contributed by atoms with E-state index in [1.165, 1.54) is 43.2 Å². The summed E-state index contributed by atoms with van der Waals surface area (Å²) in [5.41, 5.74) is 2.44. The van der Waals surface area contributed by atoms with Crippen molar-refractivity contribution in [2.75, 3.05) is 0 Å². The van der Waals surface area contributed by atoms with Gasteiger partial charge in [0.1, 0.15) is 4.99 Å². The summed E-state index contributed by atoms with van der Waals surface area (Å²) in [4.78, 5) is 0.921. The normalized spacial score (nSPS) is 17.1. The molecule has 0 aromatic heterocycles. The zero-order chi connectivity index (χ0) is 11.4. The van der Waals surface area contributed by atoms with Gasteiger partial charge in [-0.05, 0) is 25.3 Å². The highest BCUT2D eigenvalue weighted by Crippen LogP contribution is 2.18. The standard InChI is InChI=1S/C14H19NS/c1-11-7-5-6-10-13(11)14(16)15-12-8-3-2-4-9-12/h5-7,10,12H,2-4,8-9H2,1H3,(H,15,16). The molecular formula is C14H19NS. The number of nitrogens with one attached hydrogen (secondary N) is 1. The van der Waals surface area contributed by atoms with Gasteiger partial charge in [0, 0.05) is 11.6 Å². The van der Waals surface area contributed by atoms with Crippen LogP contribution in [-0.4, -0.2) is 11.0 Å². The third-order valence-electron chi connectivity index (χ3n) is 3.33. The average molecular weight is 233 g/mol. The highest BCUT2D eigenvalue weighted by molar-refractivity contribution is 7.80. The van der Waals surface area contributed by atoms with Crippen LogP contribution in [0.5, 0.6) is 0 Å². The molecule has 1 aliphatic rings. The van der Waals surface area contributed by atoms with Crippen molar-refractivity contribution in [1.82, 2.24) is 5.32 Å². The van der Waals surface area contributed by atoms with Gasteiger partial charge < -0.3 is 5.32 Å². The minimum atomic E-state index is 0.598. The van der Waals surface area contributed by atoms with Crippen molar-refractivity contribution < 1.29 is 0 Å². The van der Waals surface area contributed by atoms with E-state index in [0.717, 1.165) is 4.99 Å². The predicted molar refractivity (Wildman–Crippen MR) is 72.9 cm³/mol. The molecule has 1 fully saturated rings. The van der Waals surface area contributed by atoms with Crippen LogP contribution >= 0.6 is 12.2 Å². The van der Waals surface area contributed by atoms with E-state index in [2.05, 4.69) is 36.5 Å². The Kier molecular flexibility index (Phi) is 3.94. The minimum Gasteiger partial charge on any atom is -0.373 e. The van der Waals surface area contributed by atoms with E-state index in [-0.39, 0.29) is 0 Å². The fourth-order valence-corrected chi connectivity index (χ4v) is 2.73. The monoisotopic (exact) mass is 233 g/mol. The predicted octanol–water partition coefficient (Wildman–Crippen LogP) is 3.59. The third kappa shape index (κ3) is 2.82. The zero-order valence-corrected chi connectivity index (χ0v) is 10.6. The van der Waals surface area contributed by atoms with Gasteiger partial charge in [-0.1, -0.05) is 55.7 Å². The van der Waals surface area contributed by atoms with Crippen molar-refractivity contribution in [1.29, 1.82) is 0 Å². The van der Waals surface area contributed by atoms with E-state index in [1.807, 2.05) is 0 Å². The maximum atomic E-state index is 5.48. The summed E-state index contributed by atoms with van der Waals surface area (Å²) in [5.74, 6) is 0. The van der Waals surface area contributed by atoms with E-state index < -0.39 is 0 Å². The van der Waals surface area contributed by atoms with Gasteiger partial charge in [0.2, 0.25) is 0 Å². The van der Waals surface area contributed by atoms with Gasteiger partial charge in [-0.15, -0.1) is 0 Å². The molecule has 2 rings (SSSR count). The van der Waals surface area contributed by atoms with Crippen LogP contribution in [0.25, 0.3) is 0 Å². The van der Waals surface area contributed by atoms with E-state index >= 15 is 0 Å². The topological polar surface area (TPSA) is 12.0 Å². The van der Waals surface area contributed by atoms with Gasteiger partial charge in [-0.3, -0.25) is 0 Å². The molecule has 0 spiro atoms. The number of hydrogen-bond acceptors (Lipinski definition) is 1. The number of benzene rings is 1. The summed E-state index contributed by atoms with van der Waals surface area (Å²) in [6, 6.07) is 8.93. The van der Waals surface area contributed by atoms with Crippen LogP contribution in [0.2, 0.25) is 0 Å². The summed E-state index contributed by atoms with van der Waals surface area (Å²) < 4.78 is 0. The molecule has 0 unspecified atom stereocenters. The molecule has 0 saturated heterocycles. The maximum Gasteiger partial charge on any atom is 0.107 e. The molecule has 1 aromatic carbocycles. The summed E-state index contributed by atoms with van der Waals surface area (Å²) >= 11 is 5.48. The summed E-state index contributed by atoms with van der Waals surface area (Å²) in [6.07, 6.45) is 6.61. The maximum absolute atomic E-state index is 5.48. The Hall–Kier alpha value is -0.890. The Morgan fingerprint density at radius 2 is 1.88 bits per heavy atom.